The van der Waals surface area contributed by atoms with Crippen molar-refractivity contribution in [2.75, 3.05) is 4.90 Å². The fraction of sp³-hybridized carbons (Fsp3) is 0.273. The average Bonchev–Trinajstić information content (AvgIpc) is 3.06. The fourth-order valence-electron chi connectivity index (χ4n) is 6.27. The molecule has 1 nitrogen and oxygen atoms in total. The van der Waals surface area contributed by atoms with Gasteiger partial charge in [0.15, 0.2) is 0 Å². The summed E-state index contributed by atoms with van der Waals surface area (Å²) in [6, 6.07) is 45.0. The van der Waals surface area contributed by atoms with Gasteiger partial charge in [0.05, 0.1) is 0 Å². The Bertz CT molecular complexity index is 1730. The predicted molar refractivity (Wildman–Crippen MR) is 196 cm³/mol. The lowest BCUT2D eigenvalue weighted by atomic mass is 9.79. The van der Waals surface area contributed by atoms with E-state index in [0.29, 0.717) is 0 Å². The van der Waals surface area contributed by atoms with Crippen molar-refractivity contribution in [2.24, 2.45) is 0 Å². The molecule has 45 heavy (non-hydrogen) atoms. The number of hydrogen-bond acceptors (Lipinski definition) is 1. The molecule has 0 aromatic heterocycles. The van der Waals surface area contributed by atoms with Crippen LogP contribution in [-0.4, -0.2) is 0 Å². The maximum atomic E-state index is 2.43. The molecular formula is C44H47N. The van der Waals surface area contributed by atoms with Crippen molar-refractivity contribution in [1.82, 2.24) is 0 Å². The molecule has 0 amide bonds. The van der Waals surface area contributed by atoms with Crippen LogP contribution in [0.4, 0.5) is 17.1 Å². The van der Waals surface area contributed by atoms with Crippen molar-refractivity contribution in [3.8, 4) is 22.3 Å². The molecule has 1 aliphatic rings. The highest BCUT2D eigenvalue weighted by Crippen LogP contribution is 2.39. The van der Waals surface area contributed by atoms with Crippen molar-refractivity contribution in [2.45, 2.75) is 78.1 Å². The summed E-state index contributed by atoms with van der Waals surface area (Å²) in [5.41, 5.74) is 14.2. The van der Waals surface area contributed by atoms with Crippen LogP contribution in [0.3, 0.4) is 0 Å². The Labute approximate surface area is 271 Å². The molecule has 0 bridgehead atoms. The minimum Gasteiger partial charge on any atom is -0.311 e. The summed E-state index contributed by atoms with van der Waals surface area (Å²) in [4.78, 5) is 2.38. The first-order valence-electron chi connectivity index (χ1n) is 16.6. The van der Waals surface area contributed by atoms with Crippen LogP contribution < -0.4 is 4.90 Å². The van der Waals surface area contributed by atoms with E-state index in [2.05, 4.69) is 174 Å². The molecule has 228 valence electrons. The Morgan fingerprint density at radius 3 is 1.33 bits per heavy atom. The first kappa shape index (κ1) is 30.7. The van der Waals surface area contributed by atoms with Gasteiger partial charge in [0.25, 0.3) is 0 Å². The van der Waals surface area contributed by atoms with Gasteiger partial charge in [-0.25, -0.2) is 0 Å². The fourth-order valence-corrected chi connectivity index (χ4v) is 6.27. The van der Waals surface area contributed by atoms with E-state index in [1.165, 1.54) is 75.9 Å². The van der Waals surface area contributed by atoms with Crippen LogP contribution >= 0.6 is 0 Å². The SMILES string of the molecule is CC(C)(C)c1cc(-c2ccc(N(c3ccc(C4=CCCCC4)cc3)c3ccc(-c4ccccc4)cc3)cc2)cc(C(C)(C)C)c1. The summed E-state index contributed by atoms with van der Waals surface area (Å²) in [6.07, 6.45) is 7.40. The van der Waals surface area contributed by atoms with Gasteiger partial charge in [0, 0.05) is 17.1 Å². The van der Waals surface area contributed by atoms with Gasteiger partial charge in [-0.2, -0.15) is 0 Å². The van der Waals surface area contributed by atoms with Crippen molar-refractivity contribution in [3.63, 3.8) is 0 Å². The molecule has 0 radical (unpaired) electrons. The summed E-state index contributed by atoms with van der Waals surface area (Å²) >= 11 is 0. The van der Waals surface area contributed by atoms with E-state index in [9.17, 15) is 0 Å². The molecule has 1 aliphatic carbocycles. The highest BCUT2D eigenvalue weighted by Gasteiger charge is 2.21. The van der Waals surface area contributed by atoms with Crippen molar-refractivity contribution in [3.05, 3.63) is 144 Å². The summed E-state index contributed by atoms with van der Waals surface area (Å²) in [6.45, 7) is 13.8. The molecular weight excluding hydrogens is 542 g/mol. The van der Waals surface area contributed by atoms with E-state index in [4.69, 9.17) is 0 Å². The maximum Gasteiger partial charge on any atom is 0.0462 e. The van der Waals surface area contributed by atoms with Gasteiger partial charge in [0.2, 0.25) is 0 Å². The molecule has 5 aromatic rings. The Morgan fingerprint density at radius 2 is 0.889 bits per heavy atom. The van der Waals surface area contributed by atoms with Crippen molar-refractivity contribution < 1.29 is 0 Å². The standard InChI is InChI=1S/C44H47N/c1-43(2,3)38-29-37(30-39(31-38)44(4,5)6)36-21-27-42(28-22-36)45(40-23-17-34(18-24-40)32-13-9-7-10-14-32)41-25-19-35(20-26-41)33-15-11-8-12-16-33/h7,9-10,13-15,17-31H,8,11-12,16H2,1-6H3. The number of benzene rings is 5. The van der Waals surface area contributed by atoms with E-state index >= 15 is 0 Å². The van der Waals surface area contributed by atoms with Crippen LogP contribution in [0.5, 0.6) is 0 Å². The normalized spacial score (nSPS) is 13.8. The largest absolute Gasteiger partial charge is 0.311 e. The highest BCUT2D eigenvalue weighted by molar-refractivity contribution is 5.81. The Balaban J connectivity index is 1.39. The van der Waals surface area contributed by atoms with Gasteiger partial charge in [-0.05, 0) is 117 Å². The van der Waals surface area contributed by atoms with E-state index in [1.54, 1.807) is 0 Å². The summed E-state index contributed by atoms with van der Waals surface area (Å²) in [5, 5.41) is 0. The predicted octanol–water partition coefficient (Wildman–Crippen LogP) is 13.0. The van der Waals surface area contributed by atoms with Gasteiger partial charge in [-0.1, -0.05) is 133 Å². The molecule has 0 atom stereocenters. The first-order chi connectivity index (χ1) is 21.6. The molecule has 1 heteroatoms. The topological polar surface area (TPSA) is 3.24 Å². The zero-order chi connectivity index (χ0) is 31.6. The second kappa shape index (κ2) is 12.6. The van der Waals surface area contributed by atoms with Crippen LogP contribution in [0.1, 0.15) is 83.9 Å². The second-order valence-corrected chi connectivity index (χ2v) is 14.6. The van der Waals surface area contributed by atoms with Crippen LogP contribution in [0.15, 0.2) is 127 Å². The Morgan fingerprint density at radius 1 is 0.444 bits per heavy atom. The van der Waals surface area contributed by atoms with Crippen LogP contribution in [0.2, 0.25) is 0 Å². The number of anilines is 3. The van der Waals surface area contributed by atoms with Gasteiger partial charge >= 0.3 is 0 Å². The minimum atomic E-state index is 0.0818. The van der Waals surface area contributed by atoms with Gasteiger partial charge in [-0.15, -0.1) is 0 Å². The summed E-state index contributed by atoms with van der Waals surface area (Å²) in [5.74, 6) is 0. The minimum absolute atomic E-state index is 0.0818. The number of allylic oxidation sites excluding steroid dienone is 2. The van der Waals surface area contributed by atoms with Crippen LogP contribution in [0, 0.1) is 0 Å². The third-order valence-electron chi connectivity index (χ3n) is 9.14. The molecule has 0 spiro atoms. The number of hydrogen-bond donors (Lipinski definition) is 0. The van der Waals surface area contributed by atoms with E-state index in [0.717, 1.165) is 11.4 Å². The molecule has 5 aromatic carbocycles. The van der Waals surface area contributed by atoms with Crippen molar-refractivity contribution >= 4 is 22.6 Å². The van der Waals surface area contributed by atoms with E-state index < -0.39 is 0 Å². The van der Waals surface area contributed by atoms with Gasteiger partial charge in [-0.3, -0.25) is 0 Å². The monoisotopic (exact) mass is 589 g/mol. The van der Waals surface area contributed by atoms with E-state index in [-0.39, 0.29) is 10.8 Å². The Kier molecular flexibility index (Phi) is 8.56. The molecule has 0 saturated carbocycles. The Hall–Kier alpha value is -4.36. The smallest absolute Gasteiger partial charge is 0.0462 e. The van der Waals surface area contributed by atoms with Gasteiger partial charge < -0.3 is 4.90 Å². The molecule has 0 unspecified atom stereocenters. The molecule has 0 fully saturated rings. The zero-order valence-corrected chi connectivity index (χ0v) is 27.9. The molecule has 0 aliphatic heterocycles. The van der Waals surface area contributed by atoms with Gasteiger partial charge in [0.1, 0.15) is 0 Å². The second-order valence-electron chi connectivity index (χ2n) is 14.6. The summed E-state index contributed by atoms with van der Waals surface area (Å²) < 4.78 is 0. The zero-order valence-electron chi connectivity index (χ0n) is 27.9. The van der Waals surface area contributed by atoms with Crippen molar-refractivity contribution in [1.29, 1.82) is 0 Å². The molecule has 0 N–H and O–H groups in total. The molecule has 6 rings (SSSR count). The van der Waals surface area contributed by atoms with Crippen LogP contribution in [0.25, 0.3) is 27.8 Å². The highest BCUT2D eigenvalue weighted by atomic mass is 15.1. The molecule has 0 saturated heterocycles. The maximum absolute atomic E-state index is 2.43. The molecule has 0 heterocycles. The number of nitrogens with zero attached hydrogens (tertiary/aromatic N) is 1. The lowest BCUT2D eigenvalue weighted by Gasteiger charge is -2.27. The quantitative estimate of drug-likeness (QED) is 0.190. The van der Waals surface area contributed by atoms with Crippen LogP contribution in [-0.2, 0) is 10.8 Å². The summed E-state index contributed by atoms with van der Waals surface area (Å²) in [7, 11) is 0. The van der Waals surface area contributed by atoms with E-state index in [1.807, 2.05) is 0 Å². The first-order valence-corrected chi connectivity index (χ1v) is 16.6. The number of rotatable bonds is 6. The lowest BCUT2D eigenvalue weighted by molar-refractivity contribution is 0.569. The third kappa shape index (κ3) is 6.99. The average molecular weight is 590 g/mol. The lowest BCUT2D eigenvalue weighted by Crippen LogP contribution is -2.16. The third-order valence-corrected chi connectivity index (χ3v) is 9.14.